The van der Waals surface area contributed by atoms with Crippen molar-refractivity contribution in [1.29, 1.82) is 0 Å². The summed E-state index contributed by atoms with van der Waals surface area (Å²) >= 11 is 0. The fraction of sp³-hybridized carbons (Fsp3) is 0.148. The van der Waals surface area contributed by atoms with E-state index in [1.54, 1.807) is 48.5 Å². The maximum atomic E-state index is 12.4. The first-order valence-corrected chi connectivity index (χ1v) is 10.6. The van der Waals surface area contributed by atoms with Crippen LogP contribution >= 0.6 is 0 Å². The molecule has 0 aromatic heterocycles. The molecule has 0 aliphatic rings. The summed E-state index contributed by atoms with van der Waals surface area (Å²) in [4.78, 5) is 12.4. The quantitative estimate of drug-likeness (QED) is 0.175. The predicted molar refractivity (Wildman–Crippen MR) is 126 cm³/mol. The van der Waals surface area contributed by atoms with Crippen LogP contribution in [0.2, 0.25) is 0 Å². The second-order valence-corrected chi connectivity index (χ2v) is 7.40. The van der Waals surface area contributed by atoms with E-state index in [0.29, 0.717) is 23.6 Å². The van der Waals surface area contributed by atoms with Gasteiger partial charge in [0.2, 0.25) is 0 Å². The fourth-order valence-corrected chi connectivity index (χ4v) is 3.29. The summed E-state index contributed by atoms with van der Waals surface area (Å²) in [5.41, 5.74) is 3.15. The molecule has 0 amide bonds. The third-order valence-corrected chi connectivity index (χ3v) is 5.00. The number of rotatable bonds is 7. The summed E-state index contributed by atoms with van der Waals surface area (Å²) in [6, 6.07) is 26.0. The van der Waals surface area contributed by atoms with E-state index in [-0.39, 0.29) is 0 Å². The van der Waals surface area contributed by atoms with Crippen molar-refractivity contribution in [3.8, 4) is 11.5 Å². The summed E-state index contributed by atoms with van der Waals surface area (Å²) < 4.78 is 11.0. The molecule has 4 rings (SSSR count). The third-order valence-electron chi connectivity index (χ3n) is 5.00. The van der Waals surface area contributed by atoms with Crippen LogP contribution in [0.5, 0.6) is 11.5 Å². The first-order valence-electron chi connectivity index (χ1n) is 10.6. The monoisotopic (exact) mass is 424 g/mol. The third kappa shape index (κ3) is 5.01. The Kier molecular flexibility index (Phi) is 6.56. The highest BCUT2D eigenvalue weighted by Crippen LogP contribution is 2.30. The number of carbonyl (C=O) groups is 1. The number of ether oxygens (including phenoxy) is 2. The first-order chi connectivity index (χ1) is 15.6. The van der Waals surface area contributed by atoms with Crippen molar-refractivity contribution >= 4 is 28.1 Å². The van der Waals surface area contributed by atoms with Crippen molar-refractivity contribution in [2.45, 2.75) is 20.3 Å². The van der Waals surface area contributed by atoms with E-state index >= 15 is 0 Å². The van der Waals surface area contributed by atoms with E-state index < -0.39 is 5.97 Å². The van der Waals surface area contributed by atoms with Gasteiger partial charge in [0.15, 0.2) is 0 Å². The number of carbonyl (C=O) groups excluding carboxylic acids is 1. The minimum absolute atomic E-state index is 0.424. The van der Waals surface area contributed by atoms with E-state index in [2.05, 4.69) is 23.2 Å². The van der Waals surface area contributed by atoms with Crippen LogP contribution in [0, 0.1) is 6.92 Å². The van der Waals surface area contributed by atoms with Crippen LogP contribution in [0.25, 0.3) is 10.8 Å². The number of aryl methyl sites for hydroxylation is 1. The summed E-state index contributed by atoms with van der Waals surface area (Å²) in [6.07, 6.45) is 0.932. The molecule has 0 aliphatic carbocycles. The standard InChI is InChI=1S/C27H24N2O3/c1-3-18-31-22-13-9-20(10-14-22)27(30)32-23-15-11-21(12-16-23)28-29-26-17-8-19(2)24-6-4-5-7-25(24)26/h4-17H,3,18H2,1-2H3. The lowest BCUT2D eigenvalue weighted by molar-refractivity contribution is 0.0734. The molecule has 32 heavy (non-hydrogen) atoms. The Morgan fingerprint density at radius 1 is 0.781 bits per heavy atom. The molecule has 0 aliphatic heterocycles. The van der Waals surface area contributed by atoms with Crippen LogP contribution in [0.1, 0.15) is 29.3 Å². The number of fused-ring (bicyclic) bond motifs is 1. The Hall–Kier alpha value is -3.99. The van der Waals surface area contributed by atoms with Crippen molar-refractivity contribution in [3.63, 3.8) is 0 Å². The van der Waals surface area contributed by atoms with E-state index in [4.69, 9.17) is 9.47 Å². The lowest BCUT2D eigenvalue weighted by Crippen LogP contribution is -2.08. The first kappa shape index (κ1) is 21.2. The van der Waals surface area contributed by atoms with Crippen LogP contribution < -0.4 is 9.47 Å². The highest BCUT2D eigenvalue weighted by Gasteiger charge is 2.09. The van der Waals surface area contributed by atoms with Gasteiger partial charge in [-0.25, -0.2) is 4.79 Å². The van der Waals surface area contributed by atoms with Crippen LogP contribution in [-0.2, 0) is 0 Å². The predicted octanol–water partition coefficient (Wildman–Crippen LogP) is 7.57. The van der Waals surface area contributed by atoms with Crippen molar-refractivity contribution in [3.05, 3.63) is 96.1 Å². The molecule has 0 unspecified atom stereocenters. The lowest BCUT2D eigenvalue weighted by atomic mass is 10.0. The molecule has 0 saturated heterocycles. The van der Waals surface area contributed by atoms with Crippen LogP contribution in [-0.4, -0.2) is 12.6 Å². The van der Waals surface area contributed by atoms with E-state index in [0.717, 1.165) is 28.6 Å². The summed E-state index contributed by atoms with van der Waals surface area (Å²) in [5.74, 6) is 0.757. The molecule has 0 fully saturated rings. The molecule has 5 heteroatoms. The molecule has 0 heterocycles. The highest BCUT2D eigenvalue weighted by molar-refractivity contribution is 5.94. The number of esters is 1. The zero-order valence-corrected chi connectivity index (χ0v) is 18.1. The second-order valence-electron chi connectivity index (χ2n) is 7.40. The van der Waals surface area contributed by atoms with Gasteiger partial charge in [-0.1, -0.05) is 37.3 Å². The van der Waals surface area contributed by atoms with Gasteiger partial charge in [0.25, 0.3) is 0 Å². The molecule has 0 N–H and O–H groups in total. The van der Waals surface area contributed by atoms with Gasteiger partial charge < -0.3 is 9.47 Å². The van der Waals surface area contributed by atoms with Gasteiger partial charge in [0.05, 0.1) is 23.5 Å². The summed E-state index contributed by atoms with van der Waals surface area (Å²) in [7, 11) is 0. The summed E-state index contributed by atoms with van der Waals surface area (Å²) in [5, 5.41) is 11.0. The molecule has 0 atom stereocenters. The molecule has 5 nitrogen and oxygen atoms in total. The van der Waals surface area contributed by atoms with Crippen molar-refractivity contribution in [2.24, 2.45) is 10.2 Å². The number of hydrogen-bond donors (Lipinski definition) is 0. The molecule has 160 valence electrons. The maximum Gasteiger partial charge on any atom is 0.343 e. The van der Waals surface area contributed by atoms with Gasteiger partial charge >= 0.3 is 5.97 Å². The second kappa shape index (κ2) is 9.88. The largest absolute Gasteiger partial charge is 0.494 e. The normalized spacial score (nSPS) is 11.1. The molecular formula is C27H24N2O3. The molecule has 4 aromatic rings. The van der Waals surface area contributed by atoms with Crippen LogP contribution in [0.15, 0.2) is 95.2 Å². The number of nitrogens with zero attached hydrogens (tertiary/aromatic N) is 2. The number of azo groups is 1. The van der Waals surface area contributed by atoms with Crippen LogP contribution in [0.4, 0.5) is 11.4 Å². The fourth-order valence-electron chi connectivity index (χ4n) is 3.29. The van der Waals surface area contributed by atoms with Gasteiger partial charge in [-0.05, 0) is 78.9 Å². The van der Waals surface area contributed by atoms with Crippen molar-refractivity contribution in [2.75, 3.05) is 6.61 Å². The molecule has 4 aromatic carbocycles. The Bertz CT molecular complexity index is 1250. The molecular weight excluding hydrogens is 400 g/mol. The average molecular weight is 425 g/mol. The molecule has 0 bridgehead atoms. The summed E-state index contributed by atoms with van der Waals surface area (Å²) in [6.45, 7) is 4.77. The zero-order valence-electron chi connectivity index (χ0n) is 18.1. The van der Waals surface area contributed by atoms with Gasteiger partial charge in [-0.2, -0.15) is 5.11 Å². The van der Waals surface area contributed by atoms with Gasteiger partial charge in [0, 0.05) is 5.39 Å². The van der Waals surface area contributed by atoms with Gasteiger partial charge in [-0.3, -0.25) is 0 Å². The average Bonchev–Trinajstić information content (AvgIpc) is 2.84. The highest BCUT2D eigenvalue weighted by atomic mass is 16.5. The molecule has 0 spiro atoms. The number of hydrogen-bond acceptors (Lipinski definition) is 5. The smallest absolute Gasteiger partial charge is 0.343 e. The van der Waals surface area contributed by atoms with E-state index in [9.17, 15) is 4.79 Å². The minimum Gasteiger partial charge on any atom is -0.494 e. The number of benzene rings is 4. The SMILES string of the molecule is CCCOc1ccc(C(=O)Oc2ccc(N=Nc3ccc(C)c4ccccc34)cc2)cc1. The molecule has 0 saturated carbocycles. The van der Waals surface area contributed by atoms with E-state index in [1.807, 2.05) is 37.3 Å². The Morgan fingerprint density at radius 3 is 2.19 bits per heavy atom. The maximum absolute atomic E-state index is 12.4. The Labute approximate surface area is 187 Å². The van der Waals surface area contributed by atoms with Gasteiger partial charge in [-0.15, -0.1) is 5.11 Å². The van der Waals surface area contributed by atoms with Crippen molar-refractivity contribution < 1.29 is 14.3 Å². The van der Waals surface area contributed by atoms with Crippen molar-refractivity contribution in [1.82, 2.24) is 0 Å². The Balaban J connectivity index is 1.42. The Morgan fingerprint density at radius 2 is 1.47 bits per heavy atom. The van der Waals surface area contributed by atoms with E-state index in [1.165, 1.54) is 5.56 Å². The lowest BCUT2D eigenvalue weighted by Gasteiger charge is -2.07. The molecule has 0 radical (unpaired) electrons. The van der Waals surface area contributed by atoms with Crippen LogP contribution in [0.3, 0.4) is 0 Å². The zero-order chi connectivity index (χ0) is 22.3. The van der Waals surface area contributed by atoms with Gasteiger partial charge in [0.1, 0.15) is 11.5 Å². The topological polar surface area (TPSA) is 60.2 Å². The minimum atomic E-state index is -0.424.